The minimum Gasteiger partial charge on any atom is -0.373 e. The molecule has 1 aromatic heterocycles. The van der Waals surface area contributed by atoms with E-state index < -0.39 is 0 Å². The van der Waals surface area contributed by atoms with E-state index in [1.807, 2.05) is 12.4 Å². The smallest absolute Gasteiger partial charge is 0.157 e. The van der Waals surface area contributed by atoms with Crippen LogP contribution in [-0.2, 0) is 11.3 Å². The number of methoxy groups -OCH3 is 1. The monoisotopic (exact) mass is 233 g/mol. The van der Waals surface area contributed by atoms with Gasteiger partial charge in [-0.05, 0) is 31.6 Å². The highest BCUT2D eigenvalue weighted by Crippen LogP contribution is 2.41. The molecular formula is C13H19N3O. The van der Waals surface area contributed by atoms with Gasteiger partial charge in [-0.2, -0.15) is 0 Å². The fourth-order valence-electron chi connectivity index (χ4n) is 2.06. The molecule has 2 saturated carbocycles. The number of hydrogen-bond acceptors (Lipinski definition) is 4. The van der Waals surface area contributed by atoms with Crippen LogP contribution in [0.5, 0.6) is 0 Å². The molecule has 0 saturated heterocycles. The lowest BCUT2D eigenvalue weighted by atomic mass is 10.2. The van der Waals surface area contributed by atoms with E-state index >= 15 is 0 Å². The van der Waals surface area contributed by atoms with Gasteiger partial charge in [0.25, 0.3) is 0 Å². The standard InChI is InChI=1S/C13H19N3O/c1-17-12(10-2-3-10)13-15-7-9(8-16-13)6-14-11-4-5-11/h7-8,10-12,14H,2-6H2,1H3. The van der Waals surface area contributed by atoms with E-state index in [0.717, 1.165) is 24.0 Å². The first-order valence-electron chi connectivity index (χ1n) is 6.44. The van der Waals surface area contributed by atoms with Gasteiger partial charge in [0.05, 0.1) is 0 Å². The highest BCUT2D eigenvalue weighted by Gasteiger charge is 2.34. The summed E-state index contributed by atoms with van der Waals surface area (Å²) in [7, 11) is 1.74. The van der Waals surface area contributed by atoms with Gasteiger partial charge in [-0.1, -0.05) is 0 Å². The zero-order valence-corrected chi connectivity index (χ0v) is 10.2. The minimum absolute atomic E-state index is 0.0976. The summed E-state index contributed by atoms with van der Waals surface area (Å²) in [4.78, 5) is 8.87. The van der Waals surface area contributed by atoms with E-state index in [-0.39, 0.29) is 6.10 Å². The van der Waals surface area contributed by atoms with Crippen molar-refractivity contribution in [2.75, 3.05) is 7.11 Å². The average molecular weight is 233 g/mol. The SMILES string of the molecule is COC(c1ncc(CNC2CC2)cn1)C1CC1. The van der Waals surface area contributed by atoms with Crippen molar-refractivity contribution in [1.82, 2.24) is 15.3 Å². The second-order valence-corrected chi connectivity index (χ2v) is 5.10. The fourth-order valence-corrected chi connectivity index (χ4v) is 2.06. The van der Waals surface area contributed by atoms with E-state index in [1.54, 1.807) is 7.11 Å². The molecule has 4 heteroatoms. The van der Waals surface area contributed by atoms with Gasteiger partial charge in [0.1, 0.15) is 6.10 Å². The lowest BCUT2D eigenvalue weighted by Crippen LogP contribution is -2.16. The van der Waals surface area contributed by atoms with Gasteiger partial charge in [0.2, 0.25) is 0 Å². The number of nitrogens with one attached hydrogen (secondary N) is 1. The number of nitrogens with zero attached hydrogens (tertiary/aromatic N) is 2. The molecule has 17 heavy (non-hydrogen) atoms. The van der Waals surface area contributed by atoms with Crippen molar-refractivity contribution >= 4 is 0 Å². The van der Waals surface area contributed by atoms with Crippen LogP contribution in [0.15, 0.2) is 12.4 Å². The quantitative estimate of drug-likeness (QED) is 0.814. The average Bonchev–Trinajstić information content (AvgIpc) is 3.23. The molecule has 0 amide bonds. The summed E-state index contributed by atoms with van der Waals surface area (Å²) in [5.41, 5.74) is 1.16. The zero-order valence-electron chi connectivity index (χ0n) is 10.2. The van der Waals surface area contributed by atoms with Crippen LogP contribution in [0.1, 0.15) is 43.2 Å². The highest BCUT2D eigenvalue weighted by molar-refractivity contribution is 5.08. The molecule has 2 aliphatic rings. The third-order valence-corrected chi connectivity index (χ3v) is 3.46. The lowest BCUT2D eigenvalue weighted by Gasteiger charge is -2.12. The molecular weight excluding hydrogens is 214 g/mol. The number of ether oxygens (including phenoxy) is 1. The van der Waals surface area contributed by atoms with Gasteiger partial charge in [-0.15, -0.1) is 0 Å². The Bertz CT molecular complexity index is 371. The topological polar surface area (TPSA) is 47.0 Å². The Labute approximate surface area is 102 Å². The predicted octanol–water partition coefficient (Wildman–Crippen LogP) is 1.83. The van der Waals surface area contributed by atoms with Crippen LogP contribution in [0.25, 0.3) is 0 Å². The molecule has 0 aliphatic heterocycles. The Morgan fingerprint density at radius 3 is 2.53 bits per heavy atom. The second-order valence-electron chi connectivity index (χ2n) is 5.10. The largest absolute Gasteiger partial charge is 0.373 e. The van der Waals surface area contributed by atoms with Crippen LogP contribution < -0.4 is 5.32 Å². The molecule has 2 fully saturated rings. The normalized spacial score (nSPS) is 21.5. The van der Waals surface area contributed by atoms with Crippen LogP contribution in [0.4, 0.5) is 0 Å². The third kappa shape index (κ3) is 2.82. The van der Waals surface area contributed by atoms with Crippen molar-refractivity contribution < 1.29 is 4.74 Å². The van der Waals surface area contributed by atoms with E-state index in [0.29, 0.717) is 5.92 Å². The molecule has 92 valence electrons. The van der Waals surface area contributed by atoms with E-state index in [4.69, 9.17) is 4.74 Å². The van der Waals surface area contributed by atoms with Gasteiger partial charge in [0.15, 0.2) is 5.82 Å². The Hall–Kier alpha value is -1.00. The molecule has 1 aromatic rings. The third-order valence-electron chi connectivity index (χ3n) is 3.46. The van der Waals surface area contributed by atoms with Crippen molar-refractivity contribution in [3.63, 3.8) is 0 Å². The lowest BCUT2D eigenvalue weighted by molar-refractivity contribution is 0.0771. The van der Waals surface area contributed by atoms with Crippen LogP contribution in [0.3, 0.4) is 0 Å². The molecule has 4 nitrogen and oxygen atoms in total. The minimum atomic E-state index is 0.0976. The molecule has 1 heterocycles. The maximum absolute atomic E-state index is 5.47. The molecule has 0 aromatic carbocycles. The summed E-state index contributed by atoms with van der Waals surface area (Å²) in [6, 6.07) is 0.730. The molecule has 1 unspecified atom stereocenters. The van der Waals surface area contributed by atoms with E-state index in [1.165, 1.54) is 25.7 Å². The molecule has 0 radical (unpaired) electrons. The maximum atomic E-state index is 5.47. The summed E-state index contributed by atoms with van der Waals surface area (Å²) >= 11 is 0. The van der Waals surface area contributed by atoms with Crippen molar-refractivity contribution in [3.8, 4) is 0 Å². The van der Waals surface area contributed by atoms with Gasteiger partial charge < -0.3 is 10.1 Å². The second kappa shape index (κ2) is 4.70. The zero-order chi connectivity index (χ0) is 11.7. The predicted molar refractivity (Wildman–Crippen MR) is 64.4 cm³/mol. The Balaban J connectivity index is 1.61. The Morgan fingerprint density at radius 2 is 2.00 bits per heavy atom. The molecule has 2 aliphatic carbocycles. The van der Waals surface area contributed by atoms with Crippen molar-refractivity contribution in [2.45, 2.75) is 44.4 Å². The first kappa shape index (κ1) is 11.1. The van der Waals surface area contributed by atoms with Crippen molar-refractivity contribution in [3.05, 3.63) is 23.8 Å². The fraction of sp³-hybridized carbons (Fsp3) is 0.692. The summed E-state index contributed by atoms with van der Waals surface area (Å²) in [6.45, 7) is 0.881. The number of aromatic nitrogens is 2. The van der Waals surface area contributed by atoms with Crippen LogP contribution in [0, 0.1) is 5.92 Å². The first-order valence-corrected chi connectivity index (χ1v) is 6.44. The van der Waals surface area contributed by atoms with Crippen molar-refractivity contribution in [1.29, 1.82) is 0 Å². The van der Waals surface area contributed by atoms with Gasteiger partial charge in [0, 0.05) is 37.7 Å². The van der Waals surface area contributed by atoms with Crippen LogP contribution >= 0.6 is 0 Å². The highest BCUT2D eigenvalue weighted by atomic mass is 16.5. The van der Waals surface area contributed by atoms with Gasteiger partial charge in [-0.25, -0.2) is 9.97 Å². The first-order chi connectivity index (χ1) is 8.36. The Morgan fingerprint density at radius 1 is 1.29 bits per heavy atom. The Kier molecular flexibility index (Phi) is 3.07. The molecule has 0 spiro atoms. The molecule has 0 bridgehead atoms. The molecule has 3 rings (SSSR count). The van der Waals surface area contributed by atoms with Crippen molar-refractivity contribution in [2.24, 2.45) is 5.92 Å². The van der Waals surface area contributed by atoms with Gasteiger partial charge in [-0.3, -0.25) is 0 Å². The number of rotatable bonds is 6. The summed E-state index contributed by atoms with van der Waals surface area (Å²) in [5, 5.41) is 3.46. The van der Waals surface area contributed by atoms with E-state index in [9.17, 15) is 0 Å². The molecule has 1 atom stereocenters. The van der Waals surface area contributed by atoms with E-state index in [2.05, 4.69) is 15.3 Å². The van der Waals surface area contributed by atoms with Crippen LogP contribution in [-0.4, -0.2) is 23.1 Å². The summed E-state index contributed by atoms with van der Waals surface area (Å²) < 4.78 is 5.47. The van der Waals surface area contributed by atoms with Crippen LogP contribution in [0.2, 0.25) is 0 Å². The van der Waals surface area contributed by atoms with Gasteiger partial charge >= 0.3 is 0 Å². The number of hydrogen-bond donors (Lipinski definition) is 1. The summed E-state index contributed by atoms with van der Waals surface area (Å²) in [6.07, 6.45) is 9.05. The molecule has 1 N–H and O–H groups in total. The maximum Gasteiger partial charge on any atom is 0.157 e. The summed E-state index contributed by atoms with van der Waals surface area (Å²) in [5.74, 6) is 1.47.